The molecule has 2 aromatic carbocycles. The second-order valence-electron chi connectivity index (χ2n) is 3.76. The molecule has 6 N–H and O–H groups in total. The van der Waals surface area contributed by atoms with Crippen LogP contribution in [0.3, 0.4) is 0 Å². The van der Waals surface area contributed by atoms with Crippen LogP contribution in [0, 0.1) is 0 Å². The Morgan fingerprint density at radius 1 is 0.824 bits per heavy atom. The predicted octanol–water partition coefficient (Wildman–Crippen LogP) is 1.66. The average molecular weight is 227 g/mol. The Kier molecular flexibility index (Phi) is 2.70. The summed E-state index contributed by atoms with van der Waals surface area (Å²) in [6.07, 6.45) is 0. The number of carbonyl (C=O) groups excluding carboxylic acids is 1. The van der Waals surface area contributed by atoms with Crippen LogP contribution in [0.5, 0.6) is 0 Å². The Hall–Kier alpha value is -2.49. The molecule has 0 aliphatic heterocycles. The maximum atomic E-state index is 12.2. The van der Waals surface area contributed by atoms with Gasteiger partial charge in [0.2, 0.25) is 0 Å². The van der Waals surface area contributed by atoms with Crippen LogP contribution < -0.4 is 17.2 Å². The number of hydrogen-bond donors (Lipinski definition) is 3. The van der Waals surface area contributed by atoms with Crippen molar-refractivity contribution in [1.29, 1.82) is 0 Å². The van der Waals surface area contributed by atoms with Gasteiger partial charge in [-0.15, -0.1) is 0 Å². The van der Waals surface area contributed by atoms with Gasteiger partial charge < -0.3 is 17.2 Å². The SMILES string of the molecule is Nc1cc(N)c(C(=O)c2ccccc2)cc1N. The van der Waals surface area contributed by atoms with Crippen LogP contribution in [0.4, 0.5) is 17.1 Å². The number of nitrogens with two attached hydrogens (primary N) is 3. The third-order valence-corrected chi connectivity index (χ3v) is 2.54. The molecule has 0 atom stereocenters. The lowest BCUT2D eigenvalue weighted by Crippen LogP contribution is -2.07. The van der Waals surface area contributed by atoms with Crippen molar-refractivity contribution in [1.82, 2.24) is 0 Å². The lowest BCUT2D eigenvalue weighted by molar-refractivity contribution is 0.103. The van der Waals surface area contributed by atoms with Gasteiger partial charge in [-0.3, -0.25) is 4.79 Å². The van der Waals surface area contributed by atoms with Crippen molar-refractivity contribution in [2.24, 2.45) is 0 Å². The summed E-state index contributed by atoms with van der Waals surface area (Å²) >= 11 is 0. The van der Waals surface area contributed by atoms with E-state index in [0.717, 1.165) is 0 Å². The van der Waals surface area contributed by atoms with Crippen molar-refractivity contribution >= 4 is 22.8 Å². The van der Waals surface area contributed by atoms with Gasteiger partial charge >= 0.3 is 0 Å². The fourth-order valence-corrected chi connectivity index (χ4v) is 1.59. The molecule has 4 nitrogen and oxygen atoms in total. The Bertz CT molecular complexity index is 564. The van der Waals surface area contributed by atoms with E-state index in [1.54, 1.807) is 24.3 Å². The molecule has 4 heteroatoms. The summed E-state index contributed by atoms with van der Waals surface area (Å²) in [6.45, 7) is 0. The molecule has 0 aliphatic rings. The van der Waals surface area contributed by atoms with Crippen LogP contribution in [-0.2, 0) is 0 Å². The maximum absolute atomic E-state index is 12.2. The van der Waals surface area contributed by atoms with E-state index < -0.39 is 0 Å². The Morgan fingerprint density at radius 3 is 2.06 bits per heavy atom. The topological polar surface area (TPSA) is 95.1 Å². The standard InChI is InChI=1S/C13H13N3O/c14-10-7-12(16)11(15)6-9(10)13(17)8-4-2-1-3-5-8/h1-7H,14-16H2. The van der Waals surface area contributed by atoms with Crippen LogP contribution in [-0.4, -0.2) is 5.78 Å². The third-order valence-electron chi connectivity index (χ3n) is 2.54. The monoisotopic (exact) mass is 227 g/mol. The fraction of sp³-hybridized carbons (Fsp3) is 0. The first kappa shape index (κ1) is 11.0. The van der Waals surface area contributed by atoms with Crippen LogP contribution in [0.1, 0.15) is 15.9 Å². The van der Waals surface area contributed by atoms with Gasteiger partial charge in [-0.25, -0.2) is 0 Å². The molecule has 0 radical (unpaired) electrons. The quantitative estimate of drug-likeness (QED) is 0.537. The molecule has 17 heavy (non-hydrogen) atoms. The van der Waals surface area contributed by atoms with E-state index in [0.29, 0.717) is 28.2 Å². The second-order valence-corrected chi connectivity index (χ2v) is 3.76. The van der Waals surface area contributed by atoms with Crippen molar-refractivity contribution in [2.45, 2.75) is 0 Å². The Morgan fingerprint density at radius 2 is 1.41 bits per heavy atom. The summed E-state index contributed by atoms with van der Waals surface area (Å²) in [7, 11) is 0. The van der Waals surface area contributed by atoms with E-state index in [2.05, 4.69) is 0 Å². The zero-order valence-corrected chi connectivity index (χ0v) is 9.18. The van der Waals surface area contributed by atoms with E-state index in [4.69, 9.17) is 17.2 Å². The average Bonchev–Trinajstić information content (AvgIpc) is 2.34. The van der Waals surface area contributed by atoms with E-state index in [9.17, 15) is 4.79 Å². The summed E-state index contributed by atoms with van der Waals surface area (Å²) in [6, 6.07) is 11.9. The minimum Gasteiger partial charge on any atom is -0.398 e. The number of carbonyl (C=O) groups is 1. The first-order valence-corrected chi connectivity index (χ1v) is 5.14. The molecule has 0 spiro atoms. The maximum Gasteiger partial charge on any atom is 0.195 e. The zero-order chi connectivity index (χ0) is 12.4. The molecule has 0 saturated carbocycles. The summed E-state index contributed by atoms with van der Waals surface area (Å²) in [5.74, 6) is -0.158. The molecule has 86 valence electrons. The van der Waals surface area contributed by atoms with E-state index in [-0.39, 0.29) is 5.78 Å². The number of rotatable bonds is 2. The van der Waals surface area contributed by atoms with Crippen LogP contribution >= 0.6 is 0 Å². The molecule has 0 saturated heterocycles. The summed E-state index contributed by atoms with van der Waals surface area (Å²) in [4.78, 5) is 12.2. The molecule has 2 rings (SSSR count). The number of ketones is 1. The van der Waals surface area contributed by atoms with Gasteiger partial charge in [0, 0.05) is 16.8 Å². The van der Waals surface area contributed by atoms with Crippen LogP contribution in [0.2, 0.25) is 0 Å². The molecular formula is C13H13N3O. The molecule has 0 fully saturated rings. The van der Waals surface area contributed by atoms with Crippen molar-refractivity contribution in [3.05, 3.63) is 53.6 Å². The largest absolute Gasteiger partial charge is 0.398 e. The molecular weight excluding hydrogens is 214 g/mol. The molecule has 0 aromatic heterocycles. The Labute approximate surface area is 99.0 Å². The number of hydrogen-bond acceptors (Lipinski definition) is 4. The lowest BCUT2D eigenvalue weighted by atomic mass is 10.0. The number of anilines is 3. The summed E-state index contributed by atoms with van der Waals surface area (Å²) < 4.78 is 0. The highest BCUT2D eigenvalue weighted by atomic mass is 16.1. The van der Waals surface area contributed by atoms with Gasteiger partial charge in [-0.1, -0.05) is 30.3 Å². The van der Waals surface area contributed by atoms with Gasteiger partial charge in [-0.2, -0.15) is 0 Å². The highest BCUT2D eigenvalue weighted by Crippen LogP contribution is 2.24. The third kappa shape index (κ3) is 2.06. The van der Waals surface area contributed by atoms with Crippen LogP contribution in [0.15, 0.2) is 42.5 Å². The minimum absolute atomic E-state index is 0.158. The summed E-state index contributed by atoms with van der Waals surface area (Å²) in [5, 5.41) is 0. The molecule has 2 aromatic rings. The highest BCUT2D eigenvalue weighted by molar-refractivity contribution is 6.13. The number of nitrogen functional groups attached to an aromatic ring is 3. The van der Waals surface area contributed by atoms with Crippen molar-refractivity contribution in [2.75, 3.05) is 17.2 Å². The predicted molar refractivity (Wildman–Crippen MR) is 69.6 cm³/mol. The highest BCUT2D eigenvalue weighted by Gasteiger charge is 2.13. The first-order valence-electron chi connectivity index (χ1n) is 5.14. The lowest BCUT2D eigenvalue weighted by Gasteiger charge is -2.08. The molecule has 0 unspecified atom stereocenters. The van der Waals surface area contributed by atoms with Gasteiger partial charge in [0.05, 0.1) is 11.4 Å². The van der Waals surface area contributed by atoms with Crippen molar-refractivity contribution in [3.63, 3.8) is 0 Å². The Balaban J connectivity index is 2.48. The first-order chi connectivity index (χ1) is 8.09. The van der Waals surface area contributed by atoms with E-state index in [1.165, 1.54) is 12.1 Å². The smallest absolute Gasteiger partial charge is 0.195 e. The zero-order valence-electron chi connectivity index (χ0n) is 9.18. The van der Waals surface area contributed by atoms with Gasteiger partial charge in [0.25, 0.3) is 0 Å². The summed E-state index contributed by atoms with van der Waals surface area (Å²) in [5.41, 5.74) is 19.1. The van der Waals surface area contributed by atoms with Gasteiger partial charge in [-0.05, 0) is 12.1 Å². The molecule has 0 heterocycles. The van der Waals surface area contributed by atoms with Crippen LogP contribution in [0.25, 0.3) is 0 Å². The van der Waals surface area contributed by atoms with E-state index >= 15 is 0 Å². The minimum atomic E-state index is -0.158. The normalized spacial score (nSPS) is 10.1. The second kappa shape index (κ2) is 4.17. The molecule has 0 aliphatic carbocycles. The van der Waals surface area contributed by atoms with E-state index in [1.807, 2.05) is 6.07 Å². The van der Waals surface area contributed by atoms with Crippen molar-refractivity contribution < 1.29 is 4.79 Å². The molecule has 0 bridgehead atoms. The number of benzene rings is 2. The van der Waals surface area contributed by atoms with Gasteiger partial charge in [0.15, 0.2) is 5.78 Å². The molecule has 0 amide bonds. The van der Waals surface area contributed by atoms with Gasteiger partial charge in [0.1, 0.15) is 0 Å². The fourth-order valence-electron chi connectivity index (χ4n) is 1.59. The van der Waals surface area contributed by atoms with Crippen molar-refractivity contribution in [3.8, 4) is 0 Å².